The molecule has 0 bridgehead atoms. The van der Waals surface area contributed by atoms with Gasteiger partial charge in [0.15, 0.2) is 0 Å². The van der Waals surface area contributed by atoms with Crippen molar-refractivity contribution in [2.75, 3.05) is 19.6 Å². The van der Waals surface area contributed by atoms with E-state index < -0.39 is 5.54 Å². The Bertz CT molecular complexity index is 875. The number of carbonyl (C=O) groups is 1. The second-order valence-corrected chi connectivity index (χ2v) is 7.47. The number of aromatic nitrogens is 2. The molecule has 4 heterocycles. The number of likely N-dealkylation sites (tertiary alicyclic amines) is 2. The van der Waals surface area contributed by atoms with Crippen molar-refractivity contribution in [1.82, 2.24) is 19.2 Å². The number of rotatable bonds is 4. The zero-order chi connectivity index (χ0) is 18.1. The Balaban J connectivity index is 1.63. The number of nitrogens with zero attached hydrogens (tertiary/aromatic N) is 4. The summed E-state index contributed by atoms with van der Waals surface area (Å²) in [6.07, 6.45) is 6.63. The normalized spacial score (nSPS) is 24.0. The van der Waals surface area contributed by atoms with E-state index in [0.717, 1.165) is 57.4 Å². The topological polar surface area (TPSA) is 57.9 Å². The van der Waals surface area contributed by atoms with Gasteiger partial charge in [0.2, 0.25) is 5.91 Å². The van der Waals surface area contributed by atoms with Gasteiger partial charge in [0.25, 0.3) is 5.56 Å². The SMILES string of the molecule is CCCN1CCCC2(CCCN2Cc2cc(=O)n3ccccc3n2)C1=O. The molecular formula is C20H26N4O2. The lowest BCUT2D eigenvalue weighted by molar-refractivity contribution is -0.147. The molecular weight excluding hydrogens is 328 g/mol. The van der Waals surface area contributed by atoms with Crippen LogP contribution in [-0.2, 0) is 11.3 Å². The molecule has 0 aliphatic carbocycles. The first kappa shape index (κ1) is 17.2. The summed E-state index contributed by atoms with van der Waals surface area (Å²) in [5, 5.41) is 0. The van der Waals surface area contributed by atoms with Crippen LogP contribution < -0.4 is 5.56 Å². The fourth-order valence-electron chi connectivity index (χ4n) is 4.62. The largest absolute Gasteiger partial charge is 0.341 e. The summed E-state index contributed by atoms with van der Waals surface area (Å²) in [6.45, 7) is 5.28. The standard InChI is InChI=1S/C20H26N4O2/c1-2-10-22-11-5-8-20(19(22)26)9-6-12-23(20)15-16-14-18(25)24-13-4-3-7-17(24)21-16/h3-4,7,13-14H,2,5-6,8-12,15H2,1H3. The first-order valence-corrected chi connectivity index (χ1v) is 9.66. The van der Waals surface area contributed by atoms with E-state index in [-0.39, 0.29) is 11.5 Å². The Morgan fingerprint density at radius 1 is 1.15 bits per heavy atom. The number of pyridine rings is 1. The van der Waals surface area contributed by atoms with Crippen LogP contribution in [0.25, 0.3) is 5.65 Å². The molecule has 6 nitrogen and oxygen atoms in total. The van der Waals surface area contributed by atoms with E-state index in [9.17, 15) is 9.59 Å². The Kier molecular flexibility index (Phi) is 4.53. The van der Waals surface area contributed by atoms with Gasteiger partial charge in [0, 0.05) is 31.9 Å². The van der Waals surface area contributed by atoms with Crippen molar-refractivity contribution in [3.05, 3.63) is 46.5 Å². The molecule has 2 aromatic heterocycles. The van der Waals surface area contributed by atoms with Crippen LogP contribution in [0.3, 0.4) is 0 Å². The number of hydrogen-bond donors (Lipinski definition) is 0. The lowest BCUT2D eigenvalue weighted by Crippen LogP contribution is -2.59. The molecule has 2 fully saturated rings. The van der Waals surface area contributed by atoms with Gasteiger partial charge in [-0.25, -0.2) is 4.98 Å². The van der Waals surface area contributed by atoms with Gasteiger partial charge < -0.3 is 4.90 Å². The highest BCUT2D eigenvalue weighted by Gasteiger charge is 2.50. The molecule has 4 rings (SSSR count). The van der Waals surface area contributed by atoms with E-state index in [2.05, 4.69) is 16.8 Å². The quantitative estimate of drug-likeness (QED) is 0.843. The van der Waals surface area contributed by atoms with Crippen LogP contribution in [0.2, 0.25) is 0 Å². The molecule has 2 aliphatic heterocycles. The summed E-state index contributed by atoms with van der Waals surface area (Å²) in [5.41, 5.74) is 0.951. The fourth-order valence-corrected chi connectivity index (χ4v) is 4.62. The molecule has 0 N–H and O–H groups in total. The third-order valence-corrected chi connectivity index (χ3v) is 5.80. The number of piperidine rings is 1. The first-order chi connectivity index (χ1) is 12.6. The summed E-state index contributed by atoms with van der Waals surface area (Å²) >= 11 is 0. The lowest BCUT2D eigenvalue weighted by Gasteiger charge is -2.44. The van der Waals surface area contributed by atoms with Crippen molar-refractivity contribution < 1.29 is 4.79 Å². The summed E-state index contributed by atoms with van der Waals surface area (Å²) in [5.74, 6) is 0.278. The molecule has 2 aliphatic rings. The number of fused-ring (bicyclic) bond motifs is 1. The van der Waals surface area contributed by atoms with E-state index in [1.54, 1.807) is 16.7 Å². The zero-order valence-electron chi connectivity index (χ0n) is 15.4. The van der Waals surface area contributed by atoms with E-state index in [4.69, 9.17) is 0 Å². The average Bonchev–Trinajstić information content (AvgIpc) is 3.02. The molecule has 0 saturated carbocycles. The van der Waals surface area contributed by atoms with Gasteiger partial charge in [-0.2, -0.15) is 0 Å². The third kappa shape index (κ3) is 2.82. The lowest BCUT2D eigenvalue weighted by atomic mass is 9.85. The van der Waals surface area contributed by atoms with Gasteiger partial charge in [-0.1, -0.05) is 13.0 Å². The zero-order valence-corrected chi connectivity index (χ0v) is 15.4. The van der Waals surface area contributed by atoms with E-state index >= 15 is 0 Å². The van der Waals surface area contributed by atoms with Gasteiger partial charge in [-0.3, -0.25) is 18.9 Å². The summed E-state index contributed by atoms with van der Waals surface area (Å²) in [4.78, 5) is 34.6. The number of carbonyl (C=O) groups excluding carboxylic acids is 1. The molecule has 2 saturated heterocycles. The van der Waals surface area contributed by atoms with Crippen molar-refractivity contribution in [2.45, 2.75) is 51.1 Å². The van der Waals surface area contributed by atoms with Gasteiger partial charge in [-0.05, 0) is 50.8 Å². The Morgan fingerprint density at radius 3 is 2.77 bits per heavy atom. The van der Waals surface area contributed by atoms with Crippen LogP contribution in [0.15, 0.2) is 35.3 Å². The minimum absolute atomic E-state index is 0.0681. The van der Waals surface area contributed by atoms with Crippen LogP contribution in [0.5, 0.6) is 0 Å². The molecule has 6 heteroatoms. The molecule has 2 aromatic rings. The molecule has 0 radical (unpaired) electrons. The summed E-state index contributed by atoms with van der Waals surface area (Å²) in [7, 11) is 0. The Morgan fingerprint density at radius 2 is 1.96 bits per heavy atom. The second kappa shape index (κ2) is 6.83. The smallest absolute Gasteiger partial charge is 0.258 e. The van der Waals surface area contributed by atoms with Gasteiger partial charge in [0.05, 0.1) is 5.69 Å². The summed E-state index contributed by atoms with van der Waals surface area (Å²) < 4.78 is 1.55. The van der Waals surface area contributed by atoms with Gasteiger partial charge in [-0.15, -0.1) is 0 Å². The highest BCUT2D eigenvalue weighted by atomic mass is 16.2. The van der Waals surface area contributed by atoms with Gasteiger partial charge >= 0.3 is 0 Å². The van der Waals surface area contributed by atoms with Crippen molar-refractivity contribution in [3.63, 3.8) is 0 Å². The molecule has 1 unspecified atom stereocenters. The second-order valence-electron chi connectivity index (χ2n) is 7.47. The number of hydrogen-bond acceptors (Lipinski definition) is 4. The third-order valence-electron chi connectivity index (χ3n) is 5.80. The fraction of sp³-hybridized carbons (Fsp3) is 0.550. The first-order valence-electron chi connectivity index (χ1n) is 9.66. The van der Waals surface area contributed by atoms with E-state index in [1.165, 1.54) is 0 Å². The molecule has 26 heavy (non-hydrogen) atoms. The molecule has 138 valence electrons. The van der Waals surface area contributed by atoms with Crippen molar-refractivity contribution in [3.8, 4) is 0 Å². The Labute approximate surface area is 153 Å². The van der Waals surface area contributed by atoms with Crippen LogP contribution in [0.4, 0.5) is 0 Å². The maximum absolute atomic E-state index is 13.2. The van der Waals surface area contributed by atoms with E-state index in [0.29, 0.717) is 12.2 Å². The molecule has 1 atom stereocenters. The minimum Gasteiger partial charge on any atom is -0.341 e. The van der Waals surface area contributed by atoms with Crippen molar-refractivity contribution in [2.24, 2.45) is 0 Å². The van der Waals surface area contributed by atoms with Crippen molar-refractivity contribution in [1.29, 1.82) is 0 Å². The van der Waals surface area contributed by atoms with Crippen LogP contribution in [-0.4, -0.2) is 50.3 Å². The predicted octanol–water partition coefficient (Wildman–Crippen LogP) is 2.06. The van der Waals surface area contributed by atoms with E-state index in [1.807, 2.05) is 23.1 Å². The Hall–Kier alpha value is -2.21. The molecule has 1 spiro atoms. The summed E-state index contributed by atoms with van der Waals surface area (Å²) in [6, 6.07) is 7.17. The van der Waals surface area contributed by atoms with Crippen LogP contribution in [0.1, 0.15) is 44.7 Å². The maximum atomic E-state index is 13.2. The van der Waals surface area contributed by atoms with Gasteiger partial charge in [0.1, 0.15) is 11.2 Å². The predicted molar refractivity (Wildman–Crippen MR) is 99.9 cm³/mol. The highest BCUT2D eigenvalue weighted by Crippen LogP contribution is 2.39. The highest BCUT2D eigenvalue weighted by molar-refractivity contribution is 5.87. The molecule has 1 amide bonds. The molecule has 0 aromatic carbocycles. The van der Waals surface area contributed by atoms with Crippen LogP contribution in [0, 0.1) is 0 Å². The average molecular weight is 354 g/mol. The number of amides is 1. The monoisotopic (exact) mass is 354 g/mol. The maximum Gasteiger partial charge on any atom is 0.258 e. The van der Waals surface area contributed by atoms with Crippen molar-refractivity contribution >= 4 is 11.6 Å². The minimum atomic E-state index is -0.392. The van der Waals surface area contributed by atoms with Crippen LogP contribution >= 0.6 is 0 Å².